The van der Waals surface area contributed by atoms with Gasteiger partial charge >= 0.3 is 0 Å². The highest BCUT2D eigenvalue weighted by atomic mass is 32.2. The Bertz CT molecular complexity index is 1820. The lowest BCUT2D eigenvalue weighted by molar-refractivity contribution is -0.120. The van der Waals surface area contributed by atoms with Gasteiger partial charge in [-0.05, 0) is 87.4 Å². The number of rotatable bonds is 11. The number of sulfonamides is 1. The average molecular weight is 714 g/mol. The Hall–Kier alpha value is -4.06. The summed E-state index contributed by atoms with van der Waals surface area (Å²) in [7, 11) is -1.02. The number of amidine groups is 1. The predicted molar refractivity (Wildman–Crippen MR) is 203 cm³/mol. The molecule has 0 aliphatic carbocycles. The molecule has 3 aromatic rings. The molecule has 0 saturated carbocycles. The van der Waals surface area contributed by atoms with Crippen LogP contribution < -0.4 is 14.8 Å². The minimum absolute atomic E-state index is 0.0759. The van der Waals surface area contributed by atoms with Gasteiger partial charge in [-0.2, -0.15) is 8.42 Å². The summed E-state index contributed by atoms with van der Waals surface area (Å²) in [4.78, 5) is 23.0. The molecule has 0 aromatic heterocycles. The van der Waals surface area contributed by atoms with Crippen LogP contribution in [0.15, 0.2) is 81.0 Å². The molecular weight excluding hydrogens is 663 g/mol. The first-order valence-corrected chi connectivity index (χ1v) is 19.7. The molecule has 2 fully saturated rings. The summed E-state index contributed by atoms with van der Waals surface area (Å²) in [5, 5.41) is 3.32. The number of hydrogen-bond acceptors (Lipinski definition) is 8. The lowest BCUT2D eigenvalue weighted by Gasteiger charge is -2.40. The number of fused-ring (bicyclic) bond motifs is 1. The number of Topliss-reactive ketones (excluding diaryl/α,β-unsaturated/α-hetero) is 1. The zero-order chi connectivity index (χ0) is 35.8. The maximum atomic E-state index is 14.0. The van der Waals surface area contributed by atoms with Gasteiger partial charge in [0.25, 0.3) is 10.0 Å². The molecule has 6 rings (SSSR count). The van der Waals surface area contributed by atoms with Crippen LogP contribution in [-0.4, -0.2) is 88.5 Å². The first-order chi connectivity index (χ1) is 24.7. The molecule has 0 bridgehead atoms. The van der Waals surface area contributed by atoms with Crippen LogP contribution in [0.2, 0.25) is 0 Å². The second-order valence-corrected chi connectivity index (χ2v) is 15.6. The van der Waals surface area contributed by atoms with Crippen molar-refractivity contribution in [2.75, 3.05) is 52.3 Å². The number of anilines is 1. The summed E-state index contributed by atoms with van der Waals surface area (Å²) in [6.45, 7) is 6.81. The fourth-order valence-electron chi connectivity index (χ4n) is 7.40. The van der Waals surface area contributed by atoms with E-state index in [9.17, 15) is 13.2 Å². The molecule has 0 radical (unpaired) electrons. The van der Waals surface area contributed by atoms with Gasteiger partial charge < -0.3 is 19.7 Å². The lowest BCUT2D eigenvalue weighted by atomic mass is 9.93. The first kappa shape index (κ1) is 36.7. The molecule has 1 unspecified atom stereocenters. The van der Waals surface area contributed by atoms with E-state index in [0.717, 1.165) is 55.6 Å². The molecule has 1 N–H and O–H groups in total. The fraction of sp³-hybridized carbons (Fsp3) is 0.475. The highest BCUT2D eigenvalue weighted by Crippen LogP contribution is 2.31. The van der Waals surface area contributed by atoms with Crippen LogP contribution >= 0.6 is 0 Å². The maximum absolute atomic E-state index is 14.0. The number of hydrogen-bond donors (Lipinski definition) is 1. The number of carbonyl (C=O) groups excluding carboxylic acids is 1. The van der Waals surface area contributed by atoms with Gasteiger partial charge in [0.15, 0.2) is 5.84 Å². The van der Waals surface area contributed by atoms with E-state index in [1.165, 1.54) is 32.4 Å². The van der Waals surface area contributed by atoms with E-state index in [2.05, 4.69) is 19.5 Å². The minimum atomic E-state index is -4.17. The smallest absolute Gasteiger partial charge is 0.284 e. The number of aliphatic imine (C=N–C) groups is 1. The molecule has 3 aliphatic rings. The summed E-state index contributed by atoms with van der Waals surface area (Å²) in [6.07, 6.45) is 8.56. The minimum Gasteiger partial charge on any atom is -0.497 e. The Kier molecular flexibility index (Phi) is 12.2. The van der Waals surface area contributed by atoms with Gasteiger partial charge in [0.1, 0.15) is 17.3 Å². The van der Waals surface area contributed by atoms with E-state index in [4.69, 9.17) is 14.5 Å². The second kappa shape index (κ2) is 17.0. The predicted octanol–water partition coefficient (Wildman–Crippen LogP) is 6.71. The Morgan fingerprint density at radius 2 is 1.61 bits per heavy atom. The van der Waals surface area contributed by atoms with Crippen molar-refractivity contribution in [2.45, 2.75) is 75.6 Å². The van der Waals surface area contributed by atoms with E-state index < -0.39 is 10.0 Å². The standard InChI is InChI=1S/C40H51N5O5S/c1-29-14-16-31-11-5-6-13-38(31)42-40(39(29)41-32-25-35(49-2)27-36(26-32)50-3)43-51(47,48)37-12-9-10-30(24-37)15-17-34(46)28-44-22-18-33(19-23-44)45-20-7-4-8-21-45/h5-6,9-13,24-27,29,33H,4,7-8,14-23,28H2,1-3H3,(H,42,43). The third-order valence-electron chi connectivity index (χ3n) is 10.4. The van der Waals surface area contributed by atoms with Crippen LogP contribution in [0.25, 0.3) is 0 Å². The number of aryl methyl sites for hydroxylation is 2. The SMILES string of the molecule is COc1cc(N=C2C(=NS(=O)(=O)c3cccc(CCC(=O)CN4CCC(N5CCCCC5)CC4)c3)Nc3ccccc3CCC2C)cc(OC)c1. The van der Waals surface area contributed by atoms with Gasteiger partial charge in [0, 0.05) is 55.4 Å². The van der Waals surface area contributed by atoms with Crippen molar-refractivity contribution in [2.24, 2.45) is 15.3 Å². The topological polar surface area (TPSA) is 113 Å². The highest BCUT2D eigenvalue weighted by molar-refractivity contribution is 7.90. The molecule has 0 spiro atoms. The molecule has 3 heterocycles. The number of benzene rings is 3. The average Bonchev–Trinajstić information content (AvgIpc) is 3.15. The van der Waals surface area contributed by atoms with Crippen molar-refractivity contribution in [1.82, 2.24) is 9.80 Å². The number of carbonyl (C=O) groups is 1. The normalized spacial score (nSPS) is 21.0. The van der Waals surface area contributed by atoms with Crippen LogP contribution in [0.1, 0.15) is 63.0 Å². The monoisotopic (exact) mass is 713 g/mol. The number of para-hydroxylation sites is 1. The quantitative estimate of drug-likeness (QED) is 0.234. The Morgan fingerprint density at radius 1 is 0.882 bits per heavy atom. The van der Waals surface area contributed by atoms with E-state index in [1.54, 1.807) is 50.6 Å². The zero-order valence-electron chi connectivity index (χ0n) is 30.1. The number of ketones is 1. The largest absolute Gasteiger partial charge is 0.497 e. The van der Waals surface area contributed by atoms with Gasteiger partial charge in [0.05, 0.1) is 37.1 Å². The summed E-state index contributed by atoms with van der Waals surface area (Å²) >= 11 is 0. The van der Waals surface area contributed by atoms with Crippen molar-refractivity contribution in [1.29, 1.82) is 0 Å². The van der Waals surface area contributed by atoms with Crippen molar-refractivity contribution >= 4 is 38.7 Å². The van der Waals surface area contributed by atoms with Crippen molar-refractivity contribution in [3.05, 3.63) is 77.9 Å². The number of nitrogens with one attached hydrogen (secondary N) is 1. The first-order valence-electron chi connectivity index (χ1n) is 18.3. The molecular formula is C40H51N5O5S. The second-order valence-electron chi connectivity index (χ2n) is 14.0. The van der Waals surface area contributed by atoms with E-state index >= 15 is 0 Å². The Labute approximate surface area is 303 Å². The summed E-state index contributed by atoms with van der Waals surface area (Å²) < 4.78 is 43.4. The number of likely N-dealkylation sites (tertiary alicyclic amines) is 2. The Balaban J connectivity index is 1.19. The molecule has 51 heavy (non-hydrogen) atoms. The van der Waals surface area contributed by atoms with Crippen LogP contribution in [0.4, 0.5) is 11.4 Å². The van der Waals surface area contributed by atoms with Gasteiger partial charge in [-0.1, -0.05) is 43.7 Å². The number of nitrogens with zero attached hydrogens (tertiary/aromatic N) is 4. The summed E-state index contributed by atoms with van der Waals surface area (Å²) in [6, 6.07) is 20.6. The molecule has 0 amide bonds. The number of methoxy groups -OCH3 is 2. The number of ether oxygens (including phenoxy) is 2. The van der Waals surface area contributed by atoms with E-state index in [0.29, 0.717) is 48.3 Å². The van der Waals surface area contributed by atoms with Crippen molar-refractivity contribution in [3.8, 4) is 11.5 Å². The van der Waals surface area contributed by atoms with Gasteiger partial charge in [-0.3, -0.25) is 9.69 Å². The zero-order valence-corrected chi connectivity index (χ0v) is 31.0. The molecule has 1 atom stereocenters. The molecule has 11 heteroatoms. The fourth-order valence-corrected chi connectivity index (χ4v) is 8.43. The van der Waals surface area contributed by atoms with Gasteiger partial charge in [-0.15, -0.1) is 4.40 Å². The van der Waals surface area contributed by atoms with Crippen LogP contribution in [0.3, 0.4) is 0 Å². The Morgan fingerprint density at radius 3 is 2.33 bits per heavy atom. The third-order valence-corrected chi connectivity index (χ3v) is 11.6. The van der Waals surface area contributed by atoms with Crippen LogP contribution in [0, 0.1) is 5.92 Å². The summed E-state index contributed by atoms with van der Waals surface area (Å²) in [5.74, 6) is 1.38. The number of piperidine rings is 2. The van der Waals surface area contributed by atoms with Crippen LogP contribution in [-0.2, 0) is 27.7 Å². The van der Waals surface area contributed by atoms with Gasteiger partial charge in [0.2, 0.25) is 0 Å². The van der Waals surface area contributed by atoms with E-state index in [-0.39, 0.29) is 22.4 Å². The lowest BCUT2D eigenvalue weighted by Crippen LogP contribution is -2.47. The molecule has 3 aliphatic heterocycles. The molecule has 3 aromatic carbocycles. The van der Waals surface area contributed by atoms with Gasteiger partial charge in [-0.25, -0.2) is 4.99 Å². The van der Waals surface area contributed by atoms with Crippen molar-refractivity contribution < 1.29 is 22.7 Å². The van der Waals surface area contributed by atoms with E-state index in [1.807, 2.05) is 37.3 Å². The van der Waals surface area contributed by atoms with Crippen molar-refractivity contribution in [3.63, 3.8) is 0 Å². The third kappa shape index (κ3) is 9.64. The molecule has 272 valence electrons. The highest BCUT2D eigenvalue weighted by Gasteiger charge is 2.28. The summed E-state index contributed by atoms with van der Waals surface area (Å²) in [5.41, 5.74) is 3.74. The molecule has 2 saturated heterocycles. The van der Waals surface area contributed by atoms with Crippen LogP contribution in [0.5, 0.6) is 11.5 Å². The molecule has 10 nitrogen and oxygen atoms in total. The maximum Gasteiger partial charge on any atom is 0.284 e.